The summed E-state index contributed by atoms with van der Waals surface area (Å²) in [6, 6.07) is 22.1. The summed E-state index contributed by atoms with van der Waals surface area (Å²) >= 11 is 0. The molecule has 0 fully saturated rings. The summed E-state index contributed by atoms with van der Waals surface area (Å²) in [5.41, 5.74) is 8.96. The zero-order valence-electron chi connectivity index (χ0n) is 17.4. The van der Waals surface area contributed by atoms with Gasteiger partial charge in [0.25, 0.3) is 10.0 Å². The first kappa shape index (κ1) is 21.2. The van der Waals surface area contributed by atoms with Gasteiger partial charge in [-0.25, -0.2) is 8.42 Å². The molecule has 0 bridgehead atoms. The van der Waals surface area contributed by atoms with E-state index in [1.165, 1.54) is 17.7 Å². The number of ether oxygens (including phenoxy) is 1. The maximum absolute atomic E-state index is 12.7. The monoisotopic (exact) mass is 437 g/mol. The first-order valence-corrected chi connectivity index (χ1v) is 11.9. The molecule has 0 spiro atoms. The van der Waals surface area contributed by atoms with Gasteiger partial charge in [-0.05, 0) is 61.2 Å². The van der Waals surface area contributed by atoms with Crippen molar-refractivity contribution in [3.63, 3.8) is 0 Å². The predicted octanol–water partition coefficient (Wildman–Crippen LogP) is 4.11. The molecule has 0 saturated heterocycles. The second kappa shape index (κ2) is 8.99. The number of nitrogens with two attached hydrogens (primary N) is 1. The van der Waals surface area contributed by atoms with Crippen molar-refractivity contribution in [1.82, 2.24) is 5.32 Å². The van der Waals surface area contributed by atoms with Crippen LogP contribution in [0.4, 0.5) is 11.4 Å². The van der Waals surface area contributed by atoms with E-state index in [4.69, 9.17) is 10.5 Å². The lowest BCUT2D eigenvalue weighted by Crippen LogP contribution is -2.35. The third kappa shape index (κ3) is 5.18. The van der Waals surface area contributed by atoms with Gasteiger partial charge in [-0.2, -0.15) is 0 Å². The van der Waals surface area contributed by atoms with Crippen LogP contribution in [0.1, 0.15) is 30.5 Å². The molecule has 162 valence electrons. The third-order valence-electron chi connectivity index (χ3n) is 5.49. The Morgan fingerprint density at radius 1 is 1.06 bits per heavy atom. The number of aryl methyl sites for hydroxylation is 1. The fraction of sp³-hybridized carbons (Fsp3) is 0.250. The van der Waals surface area contributed by atoms with Crippen LogP contribution >= 0.6 is 0 Å². The maximum Gasteiger partial charge on any atom is 0.261 e. The standard InChI is InChI=1S/C24H27N3O3S/c1-17(18-5-3-2-4-6-18)26-16-22-12-8-19-7-11-21(15-24(19)30-22)27-31(28,29)23-13-9-20(25)10-14-23/h2-7,9-11,13-15,17,22,26-27H,8,12,16,25H2,1H3/t17-,22-/m0/s1. The van der Waals surface area contributed by atoms with E-state index in [-0.39, 0.29) is 17.0 Å². The Morgan fingerprint density at radius 2 is 1.81 bits per heavy atom. The van der Waals surface area contributed by atoms with Crippen molar-refractivity contribution in [2.45, 2.75) is 36.8 Å². The van der Waals surface area contributed by atoms with E-state index in [0.29, 0.717) is 11.4 Å². The van der Waals surface area contributed by atoms with Gasteiger partial charge in [0.05, 0.1) is 10.6 Å². The lowest BCUT2D eigenvalue weighted by atomic mass is 10.0. The molecule has 0 aliphatic carbocycles. The maximum atomic E-state index is 12.7. The highest BCUT2D eigenvalue weighted by Crippen LogP contribution is 2.31. The van der Waals surface area contributed by atoms with Gasteiger partial charge in [0, 0.05) is 24.3 Å². The quantitative estimate of drug-likeness (QED) is 0.484. The van der Waals surface area contributed by atoms with Gasteiger partial charge in [-0.3, -0.25) is 4.72 Å². The van der Waals surface area contributed by atoms with Gasteiger partial charge >= 0.3 is 0 Å². The van der Waals surface area contributed by atoms with Gasteiger partial charge in [0.2, 0.25) is 0 Å². The molecule has 6 nitrogen and oxygen atoms in total. The van der Waals surface area contributed by atoms with Crippen LogP contribution in [0.15, 0.2) is 77.7 Å². The van der Waals surface area contributed by atoms with Crippen molar-refractivity contribution in [2.24, 2.45) is 0 Å². The van der Waals surface area contributed by atoms with Crippen molar-refractivity contribution in [1.29, 1.82) is 0 Å². The number of rotatable bonds is 7. The van der Waals surface area contributed by atoms with Gasteiger partial charge in [-0.1, -0.05) is 36.4 Å². The Balaban J connectivity index is 1.41. The van der Waals surface area contributed by atoms with E-state index in [0.717, 1.165) is 30.7 Å². The van der Waals surface area contributed by atoms with Crippen molar-refractivity contribution < 1.29 is 13.2 Å². The van der Waals surface area contributed by atoms with Crippen LogP contribution in [0.25, 0.3) is 0 Å². The number of anilines is 2. The molecule has 0 amide bonds. The summed E-state index contributed by atoms with van der Waals surface area (Å²) in [4.78, 5) is 0.164. The summed E-state index contributed by atoms with van der Waals surface area (Å²) in [7, 11) is -3.70. The molecule has 1 heterocycles. The Bertz CT molecular complexity index is 1130. The normalized spacial score (nSPS) is 16.7. The highest BCUT2D eigenvalue weighted by atomic mass is 32.2. The third-order valence-corrected chi connectivity index (χ3v) is 6.89. The molecular weight excluding hydrogens is 410 g/mol. The van der Waals surface area contributed by atoms with E-state index in [9.17, 15) is 8.42 Å². The molecular formula is C24H27N3O3S. The molecule has 0 aromatic heterocycles. The predicted molar refractivity (Wildman–Crippen MR) is 124 cm³/mol. The van der Waals surface area contributed by atoms with E-state index in [1.807, 2.05) is 24.3 Å². The van der Waals surface area contributed by atoms with Gasteiger partial charge < -0.3 is 15.8 Å². The number of nitrogens with one attached hydrogen (secondary N) is 2. The highest BCUT2D eigenvalue weighted by molar-refractivity contribution is 7.92. The van der Waals surface area contributed by atoms with Crippen LogP contribution in [0.2, 0.25) is 0 Å². The van der Waals surface area contributed by atoms with Gasteiger partial charge in [0.1, 0.15) is 11.9 Å². The smallest absolute Gasteiger partial charge is 0.261 e. The number of sulfonamides is 1. The molecule has 4 rings (SSSR count). The van der Waals surface area contributed by atoms with Crippen LogP contribution in [0.3, 0.4) is 0 Å². The zero-order chi connectivity index (χ0) is 21.8. The molecule has 0 unspecified atom stereocenters. The molecule has 0 radical (unpaired) electrons. The Hall–Kier alpha value is -3.03. The average Bonchev–Trinajstić information content (AvgIpc) is 2.78. The minimum atomic E-state index is -3.70. The summed E-state index contributed by atoms with van der Waals surface area (Å²) in [5.74, 6) is 0.725. The van der Waals surface area contributed by atoms with Crippen LogP contribution in [0.5, 0.6) is 5.75 Å². The molecule has 1 aliphatic rings. The first-order chi connectivity index (χ1) is 14.9. The fourth-order valence-corrected chi connectivity index (χ4v) is 4.71. The lowest BCUT2D eigenvalue weighted by molar-refractivity contribution is 0.167. The number of hydrogen-bond acceptors (Lipinski definition) is 5. The summed E-state index contributed by atoms with van der Waals surface area (Å²) in [6.07, 6.45) is 1.84. The minimum Gasteiger partial charge on any atom is -0.489 e. The Kier molecular flexibility index (Phi) is 6.15. The number of nitrogen functional groups attached to an aromatic ring is 1. The van der Waals surface area contributed by atoms with Gasteiger partial charge in [-0.15, -0.1) is 0 Å². The molecule has 0 saturated carbocycles. The molecule has 2 atom stereocenters. The molecule has 4 N–H and O–H groups in total. The van der Waals surface area contributed by atoms with Crippen molar-refractivity contribution >= 4 is 21.4 Å². The molecule has 7 heteroatoms. The highest BCUT2D eigenvalue weighted by Gasteiger charge is 2.22. The lowest BCUT2D eigenvalue weighted by Gasteiger charge is -2.28. The second-order valence-electron chi connectivity index (χ2n) is 7.82. The Labute approximate surface area is 183 Å². The summed E-state index contributed by atoms with van der Waals surface area (Å²) in [6.45, 7) is 2.85. The average molecular weight is 438 g/mol. The first-order valence-electron chi connectivity index (χ1n) is 10.4. The fourth-order valence-electron chi connectivity index (χ4n) is 3.66. The zero-order valence-corrected chi connectivity index (χ0v) is 18.2. The van der Waals surface area contributed by atoms with Crippen LogP contribution in [-0.2, 0) is 16.4 Å². The summed E-state index contributed by atoms with van der Waals surface area (Å²) < 4.78 is 34.1. The molecule has 31 heavy (non-hydrogen) atoms. The number of fused-ring (bicyclic) bond motifs is 1. The second-order valence-corrected chi connectivity index (χ2v) is 9.50. The van der Waals surface area contributed by atoms with Gasteiger partial charge in [0.15, 0.2) is 0 Å². The van der Waals surface area contributed by atoms with Crippen LogP contribution < -0.4 is 20.5 Å². The molecule has 3 aromatic rings. The van der Waals surface area contributed by atoms with Crippen molar-refractivity contribution in [3.8, 4) is 5.75 Å². The molecule has 3 aromatic carbocycles. The SMILES string of the molecule is C[C@H](NC[C@@H]1CCc2ccc(NS(=O)(=O)c3ccc(N)cc3)cc2O1)c1ccccc1. The molecule has 1 aliphatic heterocycles. The number of hydrogen-bond donors (Lipinski definition) is 3. The topological polar surface area (TPSA) is 93.5 Å². The minimum absolute atomic E-state index is 0.0302. The van der Waals surface area contributed by atoms with Crippen LogP contribution in [0, 0.1) is 0 Å². The summed E-state index contributed by atoms with van der Waals surface area (Å²) in [5, 5.41) is 3.53. The van der Waals surface area contributed by atoms with E-state index < -0.39 is 10.0 Å². The van der Waals surface area contributed by atoms with Crippen LogP contribution in [-0.4, -0.2) is 21.1 Å². The van der Waals surface area contributed by atoms with Crippen molar-refractivity contribution in [3.05, 3.63) is 83.9 Å². The Morgan fingerprint density at radius 3 is 2.55 bits per heavy atom. The van der Waals surface area contributed by atoms with E-state index in [1.54, 1.807) is 24.3 Å². The van der Waals surface area contributed by atoms with E-state index >= 15 is 0 Å². The van der Waals surface area contributed by atoms with Crippen molar-refractivity contribution in [2.75, 3.05) is 17.0 Å². The number of benzene rings is 3. The largest absolute Gasteiger partial charge is 0.489 e. The van der Waals surface area contributed by atoms with E-state index in [2.05, 4.69) is 29.1 Å².